The van der Waals surface area contributed by atoms with E-state index in [-0.39, 0.29) is 5.57 Å². The molecule has 0 atom stereocenters. The van der Waals surface area contributed by atoms with Gasteiger partial charge in [-0.05, 0) is 62.4 Å². The number of anilines is 1. The molecule has 7 heteroatoms. The second-order valence-corrected chi connectivity index (χ2v) is 9.61. The van der Waals surface area contributed by atoms with Crippen LogP contribution >= 0.6 is 11.8 Å². The second-order valence-electron chi connectivity index (χ2n) is 7.89. The lowest BCUT2D eigenvalue weighted by Crippen LogP contribution is -2.54. The number of rotatable bonds is 6. The summed E-state index contributed by atoms with van der Waals surface area (Å²) in [6.07, 6.45) is 1.61. The van der Waals surface area contributed by atoms with Crippen LogP contribution in [0.4, 0.5) is 10.5 Å². The average molecular weight is 459 g/mol. The van der Waals surface area contributed by atoms with Crippen molar-refractivity contribution in [1.29, 1.82) is 0 Å². The van der Waals surface area contributed by atoms with Crippen LogP contribution in [-0.4, -0.2) is 22.6 Å². The maximum absolute atomic E-state index is 13.2. The Labute approximate surface area is 196 Å². The van der Waals surface area contributed by atoms with Gasteiger partial charge in [-0.25, -0.2) is 9.69 Å². The average Bonchev–Trinajstić information content (AvgIpc) is 2.79. The third kappa shape index (κ3) is 5.32. The highest BCUT2D eigenvalue weighted by atomic mass is 32.2. The van der Waals surface area contributed by atoms with Crippen LogP contribution in [0.2, 0.25) is 0 Å². The molecule has 33 heavy (non-hydrogen) atoms. The summed E-state index contributed by atoms with van der Waals surface area (Å²) in [6.45, 7) is 3.82. The number of nitrogens with one attached hydrogen (secondary N) is 1. The summed E-state index contributed by atoms with van der Waals surface area (Å²) in [5.41, 5.74) is 0.262. The number of para-hydroxylation sites is 1. The number of hydrogen-bond acceptors (Lipinski definition) is 5. The number of hydrogen-bond donors (Lipinski definition) is 1. The highest BCUT2D eigenvalue weighted by Crippen LogP contribution is 2.35. The number of imide groups is 2. The zero-order chi connectivity index (χ0) is 23.4. The summed E-state index contributed by atoms with van der Waals surface area (Å²) in [5, 5.41) is 2.27. The topological polar surface area (TPSA) is 75.7 Å². The number of barbiturate groups is 1. The van der Waals surface area contributed by atoms with Crippen LogP contribution in [0.3, 0.4) is 0 Å². The van der Waals surface area contributed by atoms with Crippen LogP contribution < -0.4 is 15.0 Å². The molecule has 4 amide bonds. The molecule has 1 saturated heterocycles. The van der Waals surface area contributed by atoms with Gasteiger partial charge < -0.3 is 4.74 Å². The van der Waals surface area contributed by atoms with Crippen molar-refractivity contribution in [3.63, 3.8) is 0 Å². The van der Waals surface area contributed by atoms with Crippen LogP contribution in [0, 0.1) is 0 Å². The summed E-state index contributed by atoms with van der Waals surface area (Å²) >= 11 is 1.52. The second kappa shape index (κ2) is 9.34. The highest BCUT2D eigenvalue weighted by Gasteiger charge is 2.38. The molecule has 0 aromatic heterocycles. The van der Waals surface area contributed by atoms with E-state index < -0.39 is 22.6 Å². The molecule has 1 aliphatic rings. The van der Waals surface area contributed by atoms with Gasteiger partial charge in [0, 0.05) is 9.64 Å². The van der Waals surface area contributed by atoms with Crippen molar-refractivity contribution >= 4 is 35.3 Å². The van der Waals surface area contributed by atoms with Crippen molar-refractivity contribution in [3.8, 4) is 11.5 Å². The summed E-state index contributed by atoms with van der Waals surface area (Å²) in [4.78, 5) is 40.2. The largest absolute Gasteiger partial charge is 0.457 e. The third-order valence-electron chi connectivity index (χ3n) is 4.79. The summed E-state index contributed by atoms with van der Waals surface area (Å²) < 4.78 is 5.20. The van der Waals surface area contributed by atoms with Crippen molar-refractivity contribution < 1.29 is 19.1 Å². The van der Waals surface area contributed by atoms with Crippen molar-refractivity contribution in [2.24, 2.45) is 0 Å². The van der Waals surface area contributed by atoms with E-state index in [4.69, 9.17) is 4.74 Å². The monoisotopic (exact) mass is 458 g/mol. The van der Waals surface area contributed by atoms with Gasteiger partial charge in [0.05, 0.1) is 5.69 Å². The highest BCUT2D eigenvalue weighted by molar-refractivity contribution is 8.00. The van der Waals surface area contributed by atoms with Crippen molar-refractivity contribution in [3.05, 3.63) is 96.6 Å². The molecule has 3 aromatic carbocycles. The van der Waals surface area contributed by atoms with Crippen LogP contribution in [0.5, 0.6) is 11.5 Å². The number of ether oxygens (including phenoxy) is 1. The van der Waals surface area contributed by atoms with Crippen LogP contribution in [-0.2, 0) is 9.59 Å². The van der Waals surface area contributed by atoms with E-state index in [1.807, 2.05) is 74.5 Å². The Morgan fingerprint density at radius 2 is 1.39 bits per heavy atom. The number of benzene rings is 3. The van der Waals surface area contributed by atoms with E-state index in [1.54, 1.807) is 30.3 Å². The predicted octanol–water partition coefficient (Wildman–Crippen LogP) is 5.56. The van der Waals surface area contributed by atoms with Crippen LogP contribution in [0.25, 0.3) is 0 Å². The first kappa shape index (κ1) is 22.4. The molecule has 3 aromatic rings. The van der Waals surface area contributed by atoms with E-state index in [2.05, 4.69) is 5.32 Å². The lowest BCUT2D eigenvalue weighted by Gasteiger charge is -2.28. The van der Waals surface area contributed by atoms with Gasteiger partial charge >= 0.3 is 6.03 Å². The molecule has 1 fully saturated rings. The standard InChI is InChI=1S/C26H22N2O4S/c1-26(2,33-21-11-7-4-8-12-21)17-22-23(29)27-25(31)28(24(22)30)18-13-15-20(16-14-18)32-19-9-5-3-6-10-19/h3-17H,1-2H3,(H,27,29,31)/b22-17-. The fourth-order valence-corrected chi connectivity index (χ4v) is 4.43. The molecule has 0 radical (unpaired) electrons. The smallest absolute Gasteiger partial charge is 0.335 e. The van der Waals surface area contributed by atoms with Gasteiger partial charge in [-0.15, -0.1) is 11.8 Å². The molecule has 1 aliphatic heterocycles. The third-order valence-corrected chi connectivity index (χ3v) is 5.94. The molecule has 1 N–H and O–H groups in total. The number of nitrogens with zero attached hydrogens (tertiary/aromatic N) is 1. The molecule has 0 bridgehead atoms. The van der Waals surface area contributed by atoms with Gasteiger partial charge in [-0.3, -0.25) is 14.9 Å². The molecular weight excluding hydrogens is 436 g/mol. The summed E-state index contributed by atoms with van der Waals surface area (Å²) in [7, 11) is 0. The first-order chi connectivity index (χ1) is 15.8. The SMILES string of the molecule is CC(C)(/C=C1/C(=O)NC(=O)N(c2ccc(Oc3ccccc3)cc2)C1=O)Sc1ccccc1. The lowest BCUT2D eigenvalue weighted by atomic mass is 10.0. The van der Waals surface area contributed by atoms with Crippen molar-refractivity contribution in [2.75, 3.05) is 4.90 Å². The zero-order valence-electron chi connectivity index (χ0n) is 18.1. The molecular formula is C26H22N2O4S. The van der Waals surface area contributed by atoms with Gasteiger partial charge in [0.25, 0.3) is 11.8 Å². The Morgan fingerprint density at radius 3 is 2.03 bits per heavy atom. The normalized spacial score (nSPS) is 15.5. The lowest BCUT2D eigenvalue weighted by molar-refractivity contribution is -0.122. The molecule has 1 heterocycles. The Bertz CT molecular complexity index is 1210. The number of amides is 4. The van der Waals surface area contributed by atoms with E-state index in [0.717, 1.165) is 9.80 Å². The van der Waals surface area contributed by atoms with Crippen LogP contribution in [0.1, 0.15) is 13.8 Å². The van der Waals surface area contributed by atoms with Gasteiger partial charge in [0.1, 0.15) is 17.1 Å². The maximum atomic E-state index is 13.2. The van der Waals surface area contributed by atoms with Crippen molar-refractivity contribution in [1.82, 2.24) is 5.32 Å². The summed E-state index contributed by atoms with van der Waals surface area (Å²) in [5.74, 6) is -0.137. The zero-order valence-corrected chi connectivity index (χ0v) is 19.0. The molecule has 0 aliphatic carbocycles. The van der Waals surface area contributed by atoms with E-state index >= 15 is 0 Å². The minimum absolute atomic E-state index is 0.0763. The van der Waals surface area contributed by atoms with Gasteiger partial charge in [-0.2, -0.15) is 0 Å². The molecule has 0 saturated carbocycles. The molecule has 0 spiro atoms. The Balaban J connectivity index is 1.56. The summed E-state index contributed by atoms with van der Waals surface area (Å²) in [6, 6.07) is 24.7. The van der Waals surface area contributed by atoms with E-state index in [1.165, 1.54) is 11.8 Å². The minimum atomic E-state index is -0.785. The number of carbonyl (C=O) groups is 3. The van der Waals surface area contributed by atoms with Crippen LogP contribution in [0.15, 0.2) is 101 Å². The Kier molecular flexibility index (Phi) is 6.33. The van der Waals surface area contributed by atoms with E-state index in [0.29, 0.717) is 17.2 Å². The van der Waals surface area contributed by atoms with Gasteiger partial charge in [0.15, 0.2) is 0 Å². The quantitative estimate of drug-likeness (QED) is 0.297. The predicted molar refractivity (Wildman–Crippen MR) is 128 cm³/mol. The number of carbonyl (C=O) groups excluding carboxylic acids is 3. The molecule has 6 nitrogen and oxygen atoms in total. The van der Waals surface area contributed by atoms with Gasteiger partial charge in [0.2, 0.25) is 0 Å². The van der Waals surface area contributed by atoms with Crippen molar-refractivity contribution in [2.45, 2.75) is 23.5 Å². The first-order valence-corrected chi connectivity index (χ1v) is 11.1. The minimum Gasteiger partial charge on any atom is -0.457 e. The Morgan fingerprint density at radius 1 is 0.818 bits per heavy atom. The molecule has 0 unspecified atom stereocenters. The number of urea groups is 1. The fraction of sp³-hybridized carbons (Fsp3) is 0.115. The van der Waals surface area contributed by atoms with Gasteiger partial charge in [-0.1, -0.05) is 42.5 Å². The maximum Gasteiger partial charge on any atom is 0.335 e. The fourth-order valence-electron chi connectivity index (χ4n) is 3.35. The number of thioether (sulfide) groups is 1. The molecule has 4 rings (SSSR count). The first-order valence-electron chi connectivity index (χ1n) is 10.3. The molecule has 166 valence electrons. The van der Waals surface area contributed by atoms with E-state index in [9.17, 15) is 14.4 Å². The Hall–Kier alpha value is -3.84.